The fraction of sp³-hybridized carbons (Fsp3) is 0.647. The molecule has 2 atom stereocenters. The number of nitrogens with zero attached hydrogens (tertiary/aromatic N) is 2. The molecule has 2 aliphatic rings. The normalized spacial score (nSPS) is 27.5. The second-order valence-corrected chi connectivity index (χ2v) is 9.42. The zero-order chi connectivity index (χ0) is 17.5. The van der Waals surface area contributed by atoms with Crippen LogP contribution in [0.5, 0.6) is 0 Å². The Kier molecular flexibility index (Phi) is 4.95. The molecular weight excluding hydrogens is 334 g/mol. The summed E-state index contributed by atoms with van der Waals surface area (Å²) in [7, 11) is -3.11. The van der Waals surface area contributed by atoms with Crippen LogP contribution in [0.15, 0.2) is 18.2 Å². The molecule has 0 unspecified atom stereocenters. The van der Waals surface area contributed by atoms with Gasteiger partial charge in [-0.1, -0.05) is 19.9 Å². The van der Waals surface area contributed by atoms with Gasteiger partial charge in [0.15, 0.2) is 9.84 Å². The zero-order valence-corrected chi connectivity index (χ0v) is 14.9. The first-order chi connectivity index (χ1) is 11.3. The van der Waals surface area contributed by atoms with Gasteiger partial charge in [0, 0.05) is 43.8 Å². The van der Waals surface area contributed by atoms with Crippen LogP contribution in [0, 0.1) is 17.6 Å². The fourth-order valence-corrected chi connectivity index (χ4v) is 5.92. The largest absolute Gasteiger partial charge is 0.296 e. The maximum absolute atomic E-state index is 14.0. The monoisotopic (exact) mass is 358 g/mol. The smallest absolute Gasteiger partial charge is 0.153 e. The Labute approximate surface area is 142 Å². The third-order valence-electron chi connectivity index (χ3n) is 4.93. The molecule has 0 radical (unpaired) electrons. The van der Waals surface area contributed by atoms with Crippen molar-refractivity contribution in [2.24, 2.45) is 5.92 Å². The van der Waals surface area contributed by atoms with Gasteiger partial charge in [0.05, 0.1) is 11.5 Å². The number of hydrogen-bond acceptors (Lipinski definition) is 4. The van der Waals surface area contributed by atoms with E-state index in [0.29, 0.717) is 12.5 Å². The summed E-state index contributed by atoms with van der Waals surface area (Å²) >= 11 is 0. The summed E-state index contributed by atoms with van der Waals surface area (Å²) in [6.45, 7) is 6.53. The Morgan fingerprint density at radius 3 is 2.21 bits per heavy atom. The summed E-state index contributed by atoms with van der Waals surface area (Å²) in [5.41, 5.74) is 0.0258. The molecule has 2 saturated heterocycles. The highest BCUT2D eigenvalue weighted by atomic mass is 32.2. The van der Waals surface area contributed by atoms with Crippen molar-refractivity contribution in [1.29, 1.82) is 0 Å². The minimum atomic E-state index is -3.11. The molecule has 2 aliphatic heterocycles. The molecule has 24 heavy (non-hydrogen) atoms. The maximum atomic E-state index is 14.0. The lowest BCUT2D eigenvalue weighted by molar-refractivity contribution is 0.0325. The molecule has 0 N–H and O–H groups in total. The standard InChI is InChI=1S/C17H24F2N2O2S/c1-12(2)8-20-6-7-21(17-11-24(22,23)10-16(17)20)9-13-14(18)4-3-5-15(13)19/h3-5,12,16-17H,6-11H2,1-2H3/t16-,17+/m1/s1. The molecule has 0 amide bonds. The van der Waals surface area contributed by atoms with Crippen LogP contribution in [0.2, 0.25) is 0 Å². The van der Waals surface area contributed by atoms with Crippen molar-refractivity contribution in [1.82, 2.24) is 9.80 Å². The van der Waals surface area contributed by atoms with E-state index in [1.54, 1.807) is 0 Å². The van der Waals surface area contributed by atoms with Gasteiger partial charge in [-0.3, -0.25) is 9.80 Å². The average molecular weight is 358 g/mol. The summed E-state index contributed by atoms with van der Waals surface area (Å²) in [6, 6.07) is 3.56. The highest BCUT2D eigenvalue weighted by molar-refractivity contribution is 7.91. The van der Waals surface area contributed by atoms with Gasteiger partial charge < -0.3 is 0 Å². The van der Waals surface area contributed by atoms with Gasteiger partial charge in [0.25, 0.3) is 0 Å². The Balaban J connectivity index is 1.83. The molecule has 0 spiro atoms. The van der Waals surface area contributed by atoms with Gasteiger partial charge in [-0.15, -0.1) is 0 Å². The van der Waals surface area contributed by atoms with E-state index in [9.17, 15) is 17.2 Å². The quantitative estimate of drug-likeness (QED) is 0.824. The van der Waals surface area contributed by atoms with Crippen LogP contribution >= 0.6 is 0 Å². The van der Waals surface area contributed by atoms with Crippen LogP contribution in [0.3, 0.4) is 0 Å². The minimum absolute atomic E-state index is 0.0258. The molecule has 1 aromatic rings. The van der Waals surface area contributed by atoms with E-state index in [-0.39, 0.29) is 35.7 Å². The Bertz CT molecular complexity index is 688. The van der Waals surface area contributed by atoms with Crippen LogP contribution < -0.4 is 0 Å². The highest BCUT2D eigenvalue weighted by Crippen LogP contribution is 2.29. The number of fused-ring (bicyclic) bond motifs is 1. The van der Waals surface area contributed by atoms with Crippen LogP contribution in [0.25, 0.3) is 0 Å². The van der Waals surface area contributed by atoms with Crippen molar-refractivity contribution in [3.05, 3.63) is 35.4 Å². The molecule has 2 fully saturated rings. The van der Waals surface area contributed by atoms with Crippen LogP contribution in [-0.4, -0.2) is 61.4 Å². The number of halogens is 2. The van der Waals surface area contributed by atoms with E-state index < -0.39 is 21.5 Å². The second kappa shape index (κ2) is 6.69. The topological polar surface area (TPSA) is 40.6 Å². The van der Waals surface area contributed by atoms with Gasteiger partial charge in [-0.2, -0.15) is 0 Å². The van der Waals surface area contributed by atoms with Gasteiger partial charge in [0.2, 0.25) is 0 Å². The Morgan fingerprint density at radius 1 is 1.08 bits per heavy atom. The summed E-state index contributed by atoms with van der Waals surface area (Å²) in [5.74, 6) is -0.485. The van der Waals surface area contributed by atoms with Crippen LogP contribution in [-0.2, 0) is 16.4 Å². The van der Waals surface area contributed by atoms with Crippen molar-refractivity contribution in [2.75, 3.05) is 31.1 Å². The maximum Gasteiger partial charge on any atom is 0.153 e. The summed E-state index contributed by atoms with van der Waals surface area (Å²) in [5, 5.41) is 0. The molecule has 0 bridgehead atoms. The highest BCUT2D eigenvalue weighted by Gasteiger charge is 2.46. The third kappa shape index (κ3) is 3.63. The first-order valence-corrected chi connectivity index (χ1v) is 10.2. The zero-order valence-electron chi connectivity index (χ0n) is 14.1. The molecule has 2 heterocycles. The lowest BCUT2D eigenvalue weighted by Gasteiger charge is -2.44. The number of hydrogen-bond donors (Lipinski definition) is 0. The lowest BCUT2D eigenvalue weighted by Crippen LogP contribution is -2.59. The lowest BCUT2D eigenvalue weighted by atomic mass is 10.0. The van der Waals surface area contributed by atoms with E-state index in [1.165, 1.54) is 18.2 Å². The molecule has 3 rings (SSSR count). The van der Waals surface area contributed by atoms with Gasteiger partial charge in [0.1, 0.15) is 11.6 Å². The molecule has 0 aliphatic carbocycles. The number of benzene rings is 1. The van der Waals surface area contributed by atoms with Crippen LogP contribution in [0.4, 0.5) is 8.78 Å². The van der Waals surface area contributed by atoms with Crippen molar-refractivity contribution in [3.63, 3.8) is 0 Å². The second-order valence-electron chi connectivity index (χ2n) is 7.27. The molecule has 134 valence electrons. The van der Waals surface area contributed by atoms with E-state index in [4.69, 9.17) is 0 Å². The van der Waals surface area contributed by atoms with Gasteiger partial charge in [-0.25, -0.2) is 17.2 Å². The van der Waals surface area contributed by atoms with Crippen molar-refractivity contribution in [3.8, 4) is 0 Å². The SMILES string of the molecule is CC(C)CN1CCN(Cc2c(F)cccc2F)[C@H]2CS(=O)(=O)C[C@H]21. The summed E-state index contributed by atoms with van der Waals surface area (Å²) < 4.78 is 52.2. The fourth-order valence-electron chi connectivity index (χ4n) is 3.88. The van der Waals surface area contributed by atoms with Gasteiger partial charge in [-0.05, 0) is 18.1 Å². The molecule has 1 aromatic carbocycles. The Hall–Kier alpha value is -1.05. The van der Waals surface area contributed by atoms with E-state index in [2.05, 4.69) is 18.7 Å². The van der Waals surface area contributed by atoms with Crippen molar-refractivity contribution >= 4 is 9.84 Å². The Morgan fingerprint density at radius 2 is 1.62 bits per heavy atom. The number of sulfone groups is 1. The average Bonchev–Trinajstić information content (AvgIpc) is 2.80. The molecule has 0 aromatic heterocycles. The molecule has 4 nitrogen and oxygen atoms in total. The summed E-state index contributed by atoms with van der Waals surface area (Å²) in [4.78, 5) is 4.17. The first kappa shape index (κ1) is 17.8. The third-order valence-corrected chi connectivity index (χ3v) is 6.63. The molecule has 7 heteroatoms. The van der Waals surface area contributed by atoms with Gasteiger partial charge >= 0.3 is 0 Å². The molecule has 0 saturated carbocycles. The van der Waals surface area contributed by atoms with E-state index in [0.717, 1.165) is 13.1 Å². The van der Waals surface area contributed by atoms with E-state index in [1.807, 2.05) is 4.90 Å². The van der Waals surface area contributed by atoms with E-state index >= 15 is 0 Å². The minimum Gasteiger partial charge on any atom is -0.296 e. The molecular formula is C17H24F2N2O2S. The number of rotatable bonds is 4. The first-order valence-electron chi connectivity index (χ1n) is 8.38. The number of piperazine rings is 1. The predicted octanol–water partition coefficient (Wildman–Crippen LogP) is 1.90. The van der Waals surface area contributed by atoms with Crippen molar-refractivity contribution < 1.29 is 17.2 Å². The predicted molar refractivity (Wildman–Crippen MR) is 89.4 cm³/mol. The summed E-state index contributed by atoms with van der Waals surface area (Å²) in [6.07, 6.45) is 0. The van der Waals surface area contributed by atoms with Crippen LogP contribution in [0.1, 0.15) is 19.4 Å². The van der Waals surface area contributed by atoms with Crippen molar-refractivity contribution in [2.45, 2.75) is 32.5 Å².